The van der Waals surface area contributed by atoms with Crippen LogP contribution in [0, 0.1) is 0 Å². The Balaban J connectivity index is 1.45. The van der Waals surface area contributed by atoms with E-state index in [-0.39, 0.29) is 24.8 Å². The number of aliphatic hydroxyl groups excluding tert-OH is 1. The van der Waals surface area contributed by atoms with Gasteiger partial charge in [0.25, 0.3) is 0 Å². The van der Waals surface area contributed by atoms with Gasteiger partial charge in [0.1, 0.15) is 11.5 Å². The van der Waals surface area contributed by atoms with Crippen molar-refractivity contribution in [3.8, 4) is 5.75 Å². The second-order valence-electron chi connectivity index (χ2n) is 10.2. The fourth-order valence-corrected chi connectivity index (χ4v) is 6.45. The third-order valence-corrected chi connectivity index (χ3v) is 8.14. The molecule has 2 aliphatic heterocycles. The highest BCUT2D eigenvalue weighted by molar-refractivity contribution is 5.83. The van der Waals surface area contributed by atoms with Gasteiger partial charge in [0.15, 0.2) is 18.3 Å². The highest BCUT2D eigenvalue weighted by atomic mass is 16.6. The van der Waals surface area contributed by atoms with Crippen LogP contribution < -0.4 is 4.74 Å². The van der Waals surface area contributed by atoms with Crippen molar-refractivity contribution in [1.82, 2.24) is 4.90 Å². The van der Waals surface area contributed by atoms with Crippen LogP contribution in [0.4, 0.5) is 0 Å². The second-order valence-corrected chi connectivity index (χ2v) is 10.2. The van der Waals surface area contributed by atoms with Gasteiger partial charge in [-0.25, -0.2) is 9.59 Å². The van der Waals surface area contributed by atoms with Crippen molar-refractivity contribution in [2.45, 2.75) is 82.0 Å². The molecule has 2 heterocycles. The Hall–Kier alpha value is -2.95. The SMILES string of the molecule is CC(=O)O[C@@H](C)C(=O)O[C@@H](C)C(=O)OC1=CC[C@@]2(O)[C@H]3Cc4ccc(CO)c5c4C2(CCN3C)C1O5. The highest BCUT2D eigenvalue weighted by Gasteiger charge is 2.71. The number of benzene rings is 1. The molecule has 10 nitrogen and oxygen atoms in total. The highest BCUT2D eigenvalue weighted by Crippen LogP contribution is 2.64. The van der Waals surface area contributed by atoms with E-state index < -0.39 is 47.2 Å². The van der Waals surface area contributed by atoms with E-state index in [1.807, 2.05) is 19.2 Å². The van der Waals surface area contributed by atoms with Crippen LogP contribution in [0.1, 0.15) is 50.3 Å². The minimum absolute atomic E-state index is 0.146. The van der Waals surface area contributed by atoms with E-state index in [9.17, 15) is 24.6 Å². The van der Waals surface area contributed by atoms with Gasteiger partial charge < -0.3 is 34.1 Å². The molecule has 0 amide bonds. The summed E-state index contributed by atoms with van der Waals surface area (Å²) in [4.78, 5) is 38.4. The first kappa shape index (κ1) is 24.7. The maximum absolute atomic E-state index is 12.9. The van der Waals surface area contributed by atoms with Gasteiger partial charge in [-0.2, -0.15) is 0 Å². The Labute approximate surface area is 208 Å². The number of likely N-dealkylation sites (tertiary alicyclic amines) is 1. The average molecular weight is 502 g/mol. The maximum atomic E-state index is 12.9. The quantitative estimate of drug-likeness (QED) is 0.428. The lowest BCUT2D eigenvalue weighted by Gasteiger charge is -2.61. The van der Waals surface area contributed by atoms with E-state index in [0.29, 0.717) is 24.2 Å². The van der Waals surface area contributed by atoms with Crippen molar-refractivity contribution >= 4 is 17.9 Å². The van der Waals surface area contributed by atoms with E-state index in [1.54, 1.807) is 6.08 Å². The first-order valence-corrected chi connectivity index (χ1v) is 12.2. The molecule has 1 aromatic carbocycles. The molecule has 5 rings (SSSR count). The number of carbonyl (C=O) groups is 3. The molecule has 0 saturated carbocycles. The van der Waals surface area contributed by atoms with Crippen molar-refractivity contribution in [2.24, 2.45) is 0 Å². The van der Waals surface area contributed by atoms with Gasteiger partial charge in [0.2, 0.25) is 0 Å². The minimum Gasteiger partial charge on any atom is -0.481 e. The predicted octanol–water partition coefficient (Wildman–Crippen LogP) is 0.883. The standard InChI is InChI=1S/C26H31NO9/c1-13(33-15(3)29)23(30)34-14(2)24(31)35-18-7-8-26(32)19-11-16-5-6-17(12-28)21-20(16)25(26,22(18)36-21)9-10-27(19)4/h5-7,13-14,19,22,28,32H,8-12H2,1-4H3/t13-,14-,19+,22?,25?,26+/m0/s1. The summed E-state index contributed by atoms with van der Waals surface area (Å²) >= 11 is 0. The molecular formula is C26H31NO9. The van der Waals surface area contributed by atoms with Gasteiger partial charge in [-0.15, -0.1) is 0 Å². The van der Waals surface area contributed by atoms with Gasteiger partial charge in [0.05, 0.1) is 17.6 Å². The first-order valence-electron chi connectivity index (χ1n) is 12.2. The molecule has 6 atom stereocenters. The average Bonchev–Trinajstić information content (AvgIpc) is 3.18. The van der Waals surface area contributed by atoms with Crippen LogP contribution in [0.3, 0.4) is 0 Å². The number of nitrogens with zero attached hydrogens (tertiary/aromatic N) is 1. The molecule has 0 radical (unpaired) electrons. The maximum Gasteiger partial charge on any atom is 0.352 e. The topological polar surface area (TPSA) is 132 Å². The zero-order chi connectivity index (χ0) is 26.0. The summed E-state index contributed by atoms with van der Waals surface area (Å²) in [6.45, 7) is 4.39. The van der Waals surface area contributed by atoms with E-state index in [4.69, 9.17) is 18.9 Å². The first-order chi connectivity index (χ1) is 17.0. The molecule has 10 heteroatoms. The van der Waals surface area contributed by atoms with E-state index >= 15 is 0 Å². The molecule has 1 spiro atoms. The van der Waals surface area contributed by atoms with Gasteiger partial charge in [-0.1, -0.05) is 12.1 Å². The molecule has 2 N–H and O–H groups in total. The van der Waals surface area contributed by atoms with Gasteiger partial charge in [0, 0.05) is 30.5 Å². The van der Waals surface area contributed by atoms with Gasteiger partial charge >= 0.3 is 17.9 Å². The van der Waals surface area contributed by atoms with Crippen molar-refractivity contribution in [3.63, 3.8) is 0 Å². The summed E-state index contributed by atoms with van der Waals surface area (Å²) < 4.78 is 22.1. The van der Waals surface area contributed by atoms with Crippen LogP contribution >= 0.6 is 0 Å². The Morgan fingerprint density at radius 2 is 1.92 bits per heavy atom. The smallest absolute Gasteiger partial charge is 0.352 e. The van der Waals surface area contributed by atoms with Gasteiger partial charge in [-0.3, -0.25) is 4.79 Å². The molecule has 1 saturated heterocycles. The van der Waals surface area contributed by atoms with E-state index in [1.165, 1.54) is 20.8 Å². The van der Waals surface area contributed by atoms with Crippen LogP contribution in [0.15, 0.2) is 24.0 Å². The molecule has 2 unspecified atom stereocenters. The summed E-state index contributed by atoms with van der Waals surface area (Å²) in [6, 6.07) is 3.68. The molecule has 1 aromatic rings. The second kappa shape index (κ2) is 8.57. The van der Waals surface area contributed by atoms with Gasteiger partial charge in [-0.05, 0) is 51.9 Å². The fourth-order valence-electron chi connectivity index (χ4n) is 6.45. The lowest BCUT2D eigenvalue weighted by Crippen LogP contribution is -2.74. The number of aliphatic hydroxyl groups is 2. The number of likely N-dealkylation sites (N-methyl/N-ethyl adjacent to an activating group) is 1. The zero-order valence-electron chi connectivity index (χ0n) is 20.8. The molecule has 2 aliphatic carbocycles. The third kappa shape index (κ3) is 3.38. The van der Waals surface area contributed by atoms with E-state index in [0.717, 1.165) is 17.7 Å². The molecule has 0 aromatic heterocycles. The van der Waals surface area contributed by atoms with Crippen LogP contribution in [-0.4, -0.2) is 76.6 Å². The number of rotatable bonds is 6. The predicted molar refractivity (Wildman–Crippen MR) is 124 cm³/mol. The summed E-state index contributed by atoms with van der Waals surface area (Å²) in [5.74, 6) is -1.53. The summed E-state index contributed by atoms with van der Waals surface area (Å²) in [6.07, 6.45) is -0.0466. The monoisotopic (exact) mass is 501 g/mol. The van der Waals surface area contributed by atoms with Crippen LogP contribution in [-0.2, 0) is 47.0 Å². The third-order valence-electron chi connectivity index (χ3n) is 8.14. The molecular weight excluding hydrogens is 470 g/mol. The van der Waals surface area contributed by atoms with Crippen LogP contribution in [0.5, 0.6) is 5.75 Å². The lowest BCUT2D eigenvalue weighted by atomic mass is 9.50. The minimum atomic E-state index is -1.27. The largest absolute Gasteiger partial charge is 0.481 e. The summed E-state index contributed by atoms with van der Waals surface area (Å²) in [7, 11) is 2.00. The van der Waals surface area contributed by atoms with Crippen molar-refractivity contribution in [1.29, 1.82) is 0 Å². The molecule has 2 bridgehead atoms. The molecule has 4 aliphatic rings. The van der Waals surface area contributed by atoms with Crippen molar-refractivity contribution in [2.75, 3.05) is 13.6 Å². The fraction of sp³-hybridized carbons (Fsp3) is 0.577. The van der Waals surface area contributed by atoms with Crippen molar-refractivity contribution in [3.05, 3.63) is 40.7 Å². The molecule has 1 fully saturated rings. The number of ether oxygens (including phenoxy) is 4. The Kier molecular flexibility index (Phi) is 5.89. The van der Waals surface area contributed by atoms with Crippen molar-refractivity contribution < 1.29 is 43.5 Å². The molecule has 36 heavy (non-hydrogen) atoms. The summed E-state index contributed by atoms with van der Waals surface area (Å²) in [5, 5.41) is 22.2. The normalized spacial score (nSPS) is 31.3. The number of carbonyl (C=O) groups excluding carboxylic acids is 3. The number of hydrogen-bond acceptors (Lipinski definition) is 10. The molecule has 194 valence electrons. The van der Waals surface area contributed by atoms with Crippen LogP contribution in [0.2, 0.25) is 0 Å². The summed E-state index contributed by atoms with van der Waals surface area (Å²) in [5.41, 5.74) is 0.573. The number of piperidine rings is 1. The zero-order valence-corrected chi connectivity index (χ0v) is 20.8. The Morgan fingerprint density at radius 3 is 2.61 bits per heavy atom. The number of esters is 3. The Bertz CT molecular complexity index is 1160. The lowest BCUT2D eigenvalue weighted by molar-refractivity contribution is -0.179. The number of hydrogen-bond donors (Lipinski definition) is 2. The van der Waals surface area contributed by atoms with Crippen LogP contribution in [0.25, 0.3) is 0 Å². The van der Waals surface area contributed by atoms with E-state index in [2.05, 4.69) is 4.90 Å². The Morgan fingerprint density at radius 1 is 1.19 bits per heavy atom.